The van der Waals surface area contributed by atoms with Crippen LogP contribution < -0.4 is 4.74 Å². The lowest BCUT2D eigenvalue weighted by Gasteiger charge is -2.24. The summed E-state index contributed by atoms with van der Waals surface area (Å²) in [6.45, 7) is 11.0. The monoisotopic (exact) mass is 330 g/mol. The molecule has 2 rings (SSSR count). The highest BCUT2D eigenvalue weighted by atomic mass is 35.5. The van der Waals surface area contributed by atoms with Crippen LogP contribution in [0.5, 0.6) is 11.5 Å². The van der Waals surface area contributed by atoms with Crippen molar-refractivity contribution in [1.29, 1.82) is 0 Å². The number of ether oxygens (including phenoxy) is 1. The minimum atomic E-state index is 0.532. The van der Waals surface area contributed by atoms with Crippen molar-refractivity contribution in [1.82, 2.24) is 0 Å². The van der Waals surface area contributed by atoms with Crippen LogP contribution in [0.25, 0.3) is 0 Å². The van der Waals surface area contributed by atoms with E-state index in [1.807, 2.05) is 30.3 Å². The molecule has 0 unspecified atom stereocenters. The van der Waals surface area contributed by atoms with Gasteiger partial charge in [-0.3, -0.25) is 0 Å². The number of hydrogen-bond acceptors (Lipinski definition) is 1. The van der Waals surface area contributed by atoms with E-state index in [1.54, 1.807) is 0 Å². The van der Waals surface area contributed by atoms with Gasteiger partial charge in [0.15, 0.2) is 0 Å². The van der Waals surface area contributed by atoms with Crippen LogP contribution >= 0.6 is 11.6 Å². The summed E-state index contributed by atoms with van der Waals surface area (Å²) >= 11 is 6.31. The van der Waals surface area contributed by atoms with Gasteiger partial charge in [-0.15, -0.1) is 11.6 Å². The number of halogens is 1. The molecule has 0 bridgehead atoms. The number of benzene rings is 2. The van der Waals surface area contributed by atoms with Crippen LogP contribution in [0.1, 0.15) is 48.6 Å². The van der Waals surface area contributed by atoms with E-state index in [9.17, 15) is 0 Å². The Morgan fingerprint density at radius 2 is 1.57 bits per heavy atom. The van der Waals surface area contributed by atoms with Gasteiger partial charge >= 0.3 is 0 Å². The number of rotatable bonds is 6. The second kappa shape index (κ2) is 7.88. The lowest BCUT2D eigenvalue weighted by atomic mass is 9.87. The largest absolute Gasteiger partial charge is 0.457 e. The summed E-state index contributed by atoms with van der Waals surface area (Å²) in [4.78, 5) is 0. The van der Waals surface area contributed by atoms with Crippen LogP contribution in [0.2, 0.25) is 0 Å². The molecule has 2 heteroatoms. The van der Waals surface area contributed by atoms with Crippen molar-refractivity contribution in [3.05, 3.63) is 58.1 Å². The van der Waals surface area contributed by atoms with Gasteiger partial charge in [-0.05, 0) is 67.0 Å². The molecule has 1 nitrogen and oxygen atoms in total. The molecular formula is C21H27ClO. The van der Waals surface area contributed by atoms with E-state index in [0.29, 0.717) is 11.8 Å². The van der Waals surface area contributed by atoms with Gasteiger partial charge in [-0.1, -0.05) is 39.0 Å². The standard InChI is InChI=1S/C21H27ClO/c1-6-18-15(4)16(5)20(13-22)19(12-14(2)3)21(18)23-17-10-8-7-9-11-17/h7-11,14H,6,12-13H2,1-5H3. The molecule has 0 saturated carbocycles. The molecule has 0 aromatic heterocycles. The SMILES string of the molecule is CCc1c(C)c(C)c(CCl)c(CC(C)C)c1Oc1ccccc1. The summed E-state index contributed by atoms with van der Waals surface area (Å²) < 4.78 is 6.35. The van der Waals surface area contributed by atoms with Crippen LogP contribution in [0.4, 0.5) is 0 Å². The molecule has 23 heavy (non-hydrogen) atoms. The Morgan fingerprint density at radius 1 is 0.957 bits per heavy atom. The van der Waals surface area contributed by atoms with Gasteiger partial charge in [0.25, 0.3) is 0 Å². The maximum Gasteiger partial charge on any atom is 0.134 e. The Kier molecular flexibility index (Phi) is 6.12. The van der Waals surface area contributed by atoms with Gasteiger partial charge in [-0.2, -0.15) is 0 Å². The molecule has 0 radical (unpaired) electrons. The zero-order valence-corrected chi connectivity index (χ0v) is 15.6. The summed E-state index contributed by atoms with van der Waals surface area (Å²) in [5.74, 6) is 2.99. The van der Waals surface area contributed by atoms with Gasteiger partial charge in [0.05, 0.1) is 0 Å². The third-order valence-corrected chi connectivity index (χ3v) is 4.71. The first kappa shape index (κ1) is 17.9. The fourth-order valence-electron chi connectivity index (χ4n) is 3.13. The van der Waals surface area contributed by atoms with Crippen LogP contribution in [0.3, 0.4) is 0 Å². The zero-order valence-electron chi connectivity index (χ0n) is 14.9. The summed E-state index contributed by atoms with van der Waals surface area (Å²) in [6.07, 6.45) is 1.95. The van der Waals surface area contributed by atoms with Gasteiger partial charge in [0.1, 0.15) is 11.5 Å². The first-order valence-electron chi connectivity index (χ1n) is 8.42. The molecular weight excluding hydrogens is 304 g/mol. The van der Waals surface area contributed by atoms with Crippen LogP contribution in [-0.4, -0.2) is 0 Å². The van der Waals surface area contributed by atoms with E-state index in [1.165, 1.54) is 27.8 Å². The third-order valence-electron chi connectivity index (χ3n) is 4.44. The Balaban J connectivity index is 2.66. The van der Waals surface area contributed by atoms with Crippen molar-refractivity contribution in [3.63, 3.8) is 0 Å². The Morgan fingerprint density at radius 3 is 2.09 bits per heavy atom. The van der Waals surface area contributed by atoms with Crippen molar-refractivity contribution in [2.45, 2.75) is 53.3 Å². The van der Waals surface area contributed by atoms with Crippen molar-refractivity contribution in [3.8, 4) is 11.5 Å². The highest BCUT2D eigenvalue weighted by Gasteiger charge is 2.21. The van der Waals surface area contributed by atoms with Gasteiger partial charge in [0, 0.05) is 11.4 Å². The highest BCUT2D eigenvalue weighted by Crippen LogP contribution is 2.39. The zero-order chi connectivity index (χ0) is 17.0. The van der Waals surface area contributed by atoms with E-state index in [2.05, 4.69) is 34.6 Å². The summed E-state index contributed by atoms with van der Waals surface area (Å²) in [6, 6.07) is 10.0. The van der Waals surface area contributed by atoms with E-state index in [4.69, 9.17) is 16.3 Å². The minimum absolute atomic E-state index is 0.532. The van der Waals surface area contributed by atoms with Crippen molar-refractivity contribution in [2.75, 3.05) is 0 Å². The van der Waals surface area contributed by atoms with Crippen LogP contribution in [-0.2, 0) is 18.7 Å². The van der Waals surface area contributed by atoms with E-state index < -0.39 is 0 Å². The molecule has 0 heterocycles. The highest BCUT2D eigenvalue weighted by molar-refractivity contribution is 6.17. The van der Waals surface area contributed by atoms with E-state index in [0.717, 1.165) is 24.3 Å². The predicted molar refractivity (Wildman–Crippen MR) is 99.9 cm³/mol. The lowest BCUT2D eigenvalue weighted by Crippen LogP contribution is -2.09. The fraction of sp³-hybridized carbons (Fsp3) is 0.429. The second-order valence-electron chi connectivity index (χ2n) is 6.52. The van der Waals surface area contributed by atoms with Gasteiger partial charge in [-0.25, -0.2) is 0 Å². The fourth-order valence-corrected chi connectivity index (χ4v) is 3.49. The normalized spacial score (nSPS) is 11.1. The molecule has 0 aliphatic rings. The maximum absolute atomic E-state index is 6.35. The summed E-state index contributed by atoms with van der Waals surface area (Å²) in [5.41, 5.74) is 6.44. The molecule has 124 valence electrons. The molecule has 0 saturated heterocycles. The molecule has 0 atom stereocenters. The van der Waals surface area contributed by atoms with Crippen molar-refractivity contribution >= 4 is 11.6 Å². The molecule has 2 aromatic carbocycles. The summed E-state index contributed by atoms with van der Waals surface area (Å²) in [5, 5.41) is 0. The molecule has 0 amide bonds. The van der Waals surface area contributed by atoms with Crippen molar-refractivity contribution < 1.29 is 4.74 Å². The first-order valence-corrected chi connectivity index (χ1v) is 8.95. The molecule has 0 fully saturated rings. The minimum Gasteiger partial charge on any atom is -0.457 e. The second-order valence-corrected chi connectivity index (χ2v) is 6.78. The average Bonchev–Trinajstić information content (AvgIpc) is 2.53. The quantitative estimate of drug-likeness (QED) is 0.542. The van der Waals surface area contributed by atoms with Gasteiger partial charge in [0.2, 0.25) is 0 Å². The average molecular weight is 331 g/mol. The molecule has 0 aliphatic heterocycles. The lowest BCUT2D eigenvalue weighted by molar-refractivity contribution is 0.463. The van der Waals surface area contributed by atoms with E-state index >= 15 is 0 Å². The molecule has 0 N–H and O–H groups in total. The number of alkyl halides is 1. The topological polar surface area (TPSA) is 9.23 Å². The Bertz CT molecular complexity index is 660. The molecule has 0 spiro atoms. The molecule has 2 aromatic rings. The summed E-state index contributed by atoms with van der Waals surface area (Å²) in [7, 11) is 0. The van der Waals surface area contributed by atoms with Crippen LogP contribution in [0.15, 0.2) is 30.3 Å². The number of para-hydroxylation sites is 1. The third kappa shape index (κ3) is 3.90. The maximum atomic E-state index is 6.35. The van der Waals surface area contributed by atoms with E-state index in [-0.39, 0.29) is 0 Å². The Labute approximate surface area is 145 Å². The first-order chi connectivity index (χ1) is 11.0. The van der Waals surface area contributed by atoms with Gasteiger partial charge < -0.3 is 4.74 Å². The Hall–Kier alpha value is -1.47. The number of hydrogen-bond donors (Lipinski definition) is 0. The van der Waals surface area contributed by atoms with Crippen molar-refractivity contribution in [2.24, 2.45) is 5.92 Å². The van der Waals surface area contributed by atoms with Crippen LogP contribution in [0, 0.1) is 19.8 Å². The molecule has 0 aliphatic carbocycles. The smallest absolute Gasteiger partial charge is 0.134 e. The predicted octanol–water partition coefficient (Wildman–Crippen LogP) is 6.60.